The number of halogens is 4. The van der Waals surface area contributed by atoms with E-state index in [0.29, 0.717) is 6.54 Å². The van der Waals surface area contributed by atoms with Gasteiger partial charge in [0.1, 0.15) is 5.82 Å². The van der Waals surface area contributed by atoms with E-state index < -0.39 is 24.9 Å². The van der Waals surface area contributed by atoms with Crippen LogP contribution in [-0.4, -0.2) is 34.0 Å². The first kappa shape index (κ1) is 19.1. The molecule has 22 heavy (non-hydrogen) atoms. The summed E-state index contributed by atoms with van der Waals surface area (Å²) in [7, 11) is 0. The fourth-order valence-electron chi connectivity index (χ4n) is 2.76. The van der Waals surface area contributed by atoms with Gasteiger partial charge in [0.25, 0.3) is 5.92 Å². The molecule has 126 valence electrons. The zero-order valence-electron chi connectivity index (χ0n) is 12.0. The summed E-state index contributed by atoms with van der Waals surface area (Å²) in [5, 5.41) is 5.22. The van der Waals surface area contributed by atoms with Crippen LogP contribution in [0.25, 0.3) is 0 Å². The highest BCUT2D eigenvalue weighted by atomic mass is 35.5. The molecule has 3 rings (SSSR count). The van der Waals surface area contributed by atoms with Gasteiger partial charge in [-0.3, -0.25) is 10.1 Å². The number of aromatic nitrogens is 2. The van der Waals surface area contributed by atoms with Gasteiger partial charge >= 0.3 is 0 Å². The van der Waals surface area contributed by atoms with Crippen LogP contribution < -0.4 is 10.6 Å². The molecule has 1 unspecified atom stereocenters. The second-order valence-corrected chi connectivity index (χ2v) is 5.51. The summed E-state index contributed by atoms with van der Waals surface area (Å²) in [5.74, 6) is -2.12. The first-order chi connectivity index (χ1) is 9.53. The molecule has 0 bridgehead atoms. The lowest BCUT2D eigenvalue weighted by Crippen LogP contribution is -2.40. The Bertz CT molecular complexity index is 501. The molecule has 5 nitrogen and oxygen atoms in total. The topological polar surface area (TPSA) is 59.0 Å². The lowest BCUT2D eigenvalue weighted by Gasteiger charge is -2.11. The van der Waals surface area contributed by atoms with Crippen LogP contribution in [0.4, 0.5) is 8.78 Å². The van der Waals surface area contributed by atoms with Crippen LogP contribution in [0, 0.1) is 0 Å². The number of carbonyl (C=O) groups excluding carboxylic acids is 1. The standard InChI is InChI=1S/C13H18F2N4O.2ClH/c14-13(15)5-10(17-8-13)12(20)16-6-9-7-19-4-2-1-3-11(19)18-9;;/h7,10,17H,1-6,8H2,(H,16,20);2*1H. The predicted octanol–water partition coefficient (Wildman–Crippen LogP) is 1.68. The molecule has 1 atom stereocenters. The van der Waals surface area contributed by atoms with Crippen LogP contribution in [0.2, 0.25) is 0 Å². The number of nitrogens with one attached hydrogen (secondary N) is 2. The van der Waals surface area contributed by atoms with E-state index in [1.807, 2.05) is 6.20 Å². The van der Waals surface area contributed by atoms with Crippen molar-refractivity contribution in [1.29, 1.82) is 0 Å². The molecule has 1 amide bonds. The SMILES string of the molecule is Cl.Cl.O=C(NCc1cn2c(n1)CCCC2)C1CC(F)(F)CN1. The monoisotopic (exact) mass is 356 g/mol. The molecule has 0 spiro atoms. The molecular weight excluding hydrogens is 337 g/mol. The maximum absolute atomic E-state index is 13.0. The number of amides is 1. The summed E-state index contributed by atoms with van der Waals surface area (Å²) in [6.07, 6.45) is 4.76. The van der Waals surface area contributed by atoms with Crippen LogP contribution in [0.1, 0.15) is 30.8 Å². The second kappa shape index (κ2) is 7.57. The Morgan fingerprint density at radius 2 is 2.23 bits per heavy atom. The predicted molar refractivity (Wildman–Crippen MR) is 82.9 cm³/mol. The van der Waals surface area contributed by atoms with Crippen molar-refractivity contribution in [3.63, 3.8) is 0 Å². The summed E-state index contributed by atoms with van der Waals surface area (Å²) in [6, 6.07) is -0.803. The molecule has 1 aromatic rings. The summed E-state index contributed by atoms with van der Waals surface area (Å²) in [5.41, 5.74) is 0.792. The van der Waals surface area contributed by atoms with Gasteiger partial charge in [-0.15, -0.1) is 24.8 Å². The fraction of sp³-hybridized carbons (Fsp3) is 0.692. The van der Waals surface area contributed by atoms with Crippen LogP contribution in [0.3, 0.4) is 0 Å². The van der Waals surface area contributed by atoms with E-state index in [4.69, 9.17) is 0 Å². The number of hydrogen-bond donors (Lipinski definition) is 2. The minimum atomic E-state index is -2.78. The van der Waals surface area contributed by atoms with Gasteiger partial charge in [-0.1, -0.05) is 0 Å². The third-order valence-electron chi connectivity index (χ3n) is 3.83. The summed E-state index contributed by atoms with van der Waals surface area (Å²) in [6.45, 7) is 0.832. The van der Waals surface area contributed by atoms with Gasteiger partial charge in [-0.25, -0.2) is 13.8 Å². The summed E-state index contributed by atoms with van der Waals surface area (Å²) >= 11 is 0. The maximum Gasteiger partial charge on any atom is 0.262 e. The van der Waals surface area contributed by atoms with Gasteiger partial charge < -0.3 is 9.88 Å². The molecule has 2 aliphatic heterocycles. The number of alkyl halides is 2. The van der Waals surface area contributed by atoms with Gasteiger partial charge in [-0.05, 0) is 12.8 Å². The van der Waals surface area contributed by atoms with Crippen molar-refractivity contribution < 1.29 is 13.6 Å². The number of hydrogen-bond acceptors (Lipinski definition) is 3. The Labute approximate surface area is 140 Å². The minimum Gasteiger partial charge on any atom is -0.349 e. The Hall–Kier alpha value is -0.920. The smallest absolute Gasteiger partial charge is 0.262 e. The summed E-state index contributed by atoms with van der Waals surface area (Å²) in [4.78, 5) is 16.3. The van der Waals surface area contributed by atoms with Crippen LogP contribution in [-0.2, 0) is 24.3 Å². The van der Waals surface area contributed by atoms with Crippen molar-refractivity contribution >= 4 is 30.7 Å². The van der Waals surface area contributed by atoms with E-state index in [1.165, 1.54) is 0 Å². The third kappa shape index (κ3) is 4.30. The number of nitrogens with zero attached hydrogens (tertiary/aromatic N) is 2. The lowest BCUT2D eigenvalue weighted by molar-refractivity contribution is -0.123. The maximum atomic E-state index is 13.0. The van der Waals surface area contributed by atoms with E-state index in [-0.39, 0.29) is 30.7 Å². The van der Waals surface area contributed by atoms with Crippen LogP contribution in [0.15, 0.2) is 6.20 Å². The molecule has 0 aromatic carbocycles. The quantitative estimate of drug-likeness (QED) is 0.866. The van der Waals surface area contributed by atoms with Crippen LogP contribution >= 0.6 is 24.8 Å². The zero-order valence-corrected chi connectivity index (χ0v) is 13.6. The molecule has 9 heteroatoms. The van der Waals surface area contributed by atoms with Crippen molar-refractivity contribution in [2.45, 2.75) is 50.7 Å². The first-order valence-corrected chi connectivity index (χ1v) is 6.97. The number of fused-ring (bicyclic) bond motifs is 1. The zero-order chi connectivity index (χ0) is 14.2. The molecule has 0 radical (unpaired) electrons. The number of aryl methyl sites for hydroxylation is 2. The lowest BCUT2D eigenvalue weighted by atomic mass is 10.2. The van der Waals surface area contributed by atoms with E-state index in [9.17, 15) is 13.6 Å². The van der Waals surface area contributed by atoms with Crippen molar-refractivity contribution in [2.75, 3.05) is 6.54 Å². The van der Waals surface area contributed by atoms with Crippen molar-refractivity contribution in [2.24, 2.45) is 0 Å². The van der Waals surface area contributed by atoms with E-state index in [0.717, 1.165) is 37.3 Å². The Kier molecular flexibility index (Phi) is 6.58. The molecule has 3 heterocycles. The number of rotatable bonds is 3. The Morgan fingerprint density at radius 3 is 2.86 bits per heavy atom. The normalized spacial score (nSPS) is 22.2. The second-order valence-electron chi connectivity index (χ2n) is 5.51. The molecule has 2 aliphatic rings. The van der Waals surface area contributed by atoms with Gasteiger partial charge in [0.05, 0.1) is 24.8 Å². The van der Waals surface area contributed by atoms with Gasteiger partial charge in [0.2, 0.25) is 5.91 Å². The number of carbonyl (C=O) groups is 1. The molecule has 1 aromatic heterocycles. The minimum absolute atomic E-state index is 0. The fourth-order valence-corrected chi connectivity index (χ4v) is 2.76. The molecule has 1 saturated heterocycles. The molecular formula is C13H20Cl2F2N4O. The van der Waals surface area contributed by atoms with Crippen molar-refractivity contribution in [3.05, 3.63) is 17.7 Å². The van der Waals surface area contributed by atoms with Crippen molar-refractivity contribution in [1.82, 2.24) is 20.2 Å². The van der Waals surface area contributed by atoms with Gasteiger partial charge in [-0.2, -0.15) is 0 Å². The van der Waals surface area contributed by atoms with Crippen LogP contribution in [0.5, 0.6) is 0 Å². The van der Waals surface area contributed by atoms with E-state index in [2.05, 4.69) is 20.2 Å². The van der Waals surface area contributed by atoms with Crippen molar-refractivity contribution in [3.8, 4) is 0 Å². The number of imidazole rings is 1. The highest BCUT2D eigenvalue weighted by Crippen LogP contribution is 2.25. The average Bonchev–Trinajstić information content (AvgIpc) is 2.98. The molecule has 2 N–H and O–H groups in total. The van der Waals surface area contributed by atoms with E-state index >= 15 is 0 Å². The highest BCUT2D eigenvalue weighted by Gasteiger charge is 2.42. The molecule has 1 fully saturated rings. The van der Waals surface area contributed by atoms with E-state index in [1.54, 1.807) is 0 Å². The third-order valence-corrected chi connectivity index (χ3v) is 3.83. The average molecular weight is 357 g/mol. The summed E-state index contributed by atoms with van der Waals surface area (Å²) < 4.78 is 28.1. The Balaban J connectivity index is 0.00000121. The van der Waals surface area contributed by atoms with Gasteiger partial charge in [0.15, 0.2) is 0 Å². The Morgan fingerprint density at radius 1 is 1.45 bits per heavy atom. The first-order valence-electron chi connectivity index (χ1n) is 6.97. The molecule has 0 saturated carbocycles. The largest absolute Gasteiger partial charge is 0.349 e. The highest BCUT2D eigenvalue weighted by molar-refractivity contribution is 5.85. The van der Waals surface area contributed by atoms with Gasteiger partial charge in [0, 0.05) is 25.6 Å². The molecule has 0 aliphatic carbocycles.